The SMILES string of the molecule is C=CC(=O)N1CCN(c2nc(N3CC(N(CC)CC)C3)nc3c(=O)n(-c4c(N)c(Cl)cc(Cl)c4F)c(C)cc23)CC1. The molecule has 13 heteroatoms. The van der Waals surface area contributed by atoms with Crippen LogP contribution in [0.4, 0.5) is 21.8 Å². The Morgan fingerprint density at radius 1 is 1.12 bits per heavy atom. The maximum Gasteiger partial charge on any atom is 0.282 e. The number of halogens is 3. The molecule has 10 nitrogen and oxygen atoms in total. The fraction of sp³-hybridized carbons (Fsp3) is 0.429. The van der Waals surface area contributed by atoms with Crippen molar-refractivity contribution in [2.75, 3.05) is 67.9 Å². The zero-order valence-corrected chi connectivity index (χ0v) is 24.8. The number of nitrogen functional groups attached to an aromatic ring is 1. The third-order valence-corrected chi connectivity index (χ3v) is 8.56. The second-order valence-corrected chi connectivity index (χ2v) is 11.1. The van der Waals surface area contributed by atoms with E-state index in [1.807, 2.05) is 4.90 Å². The van der Waals surface area contributed by atoms with Crippen molar-refractivity contribution in [3.8, 4) is 5.69 Å². The first-order chi connectivity index (χ1) is 19.6. The lowest BCUT2D eigenvalue weighted by Crippen LogP contribution is -2.60. The molecule has 0 aliphatic carbocycles. The number of nitrogens with zero attached hydrogens (tertiary/aromatic N) is 7. The number of anilines is 3. The number of amides is 1. The fourth-order valence-corrected chi connectivity index (χ4v) is 6.07. The zero-order valence-electron chi connectivity index (χ0n) is 23.3. The molecule has 0 radical (unpaired) electrons. The molecule has 0 atom stereocenters. The molecule has 2 saturated heterocycles. The van der Waals surface area contributed by atoms with Crippen molar-refractivity contribution in [2.24, 2.45) is 0 Å². The minimum absolute atomic E-state index is 0.0387. The number of fused-ring (bicyclic) bond motifs is 1. The number of hydrogen-bond donors (Lipinski definition) is 1. The van der Waals surface area contributed by atoms with E-state index in [4.69, 9.17) is 38.9 Å². The van der Waals surface area contributed by atoms with E-state index >= 15 is 4.39 Å². The van der Waals surface area contributed by atoms with Gasteiger partial charge in [0.05, 0.1) is 21.1 Å². The summed E-state index contributed by atoms with van der Waals surface area (Å²) in [5, 5.41) is 0.324. The van der Waals surface area contributed by atoms with Crippen LogP contribution in [-0.2, 0) is 4.79 Å². The predicted octanol–water partition coefficient (Wildman–Crippen LogP) is 3.48. The van der Waals surface area contributed by atoms with Gasteiger partial charge in [-0.3, -0.25) is 19.1 Å². The number of pyridine rings is 1. The topological polar surface area (TPSA) is 104 Å². The molecule has 0 saturated carbocycles. The highest BCUT2D eigenvalue weighted by atomic mass is 35.5. The second kappa shape index (κ2) is 11.5. The van der Waals surface area contributed by atoms with E-state index in [1.54, 1.807) is 17.9 Å². The molecule has 1 aromatic carbocycles. The van der Waals surface area contributed by atoms with E-state index in [9.17, 15) is 9.59 Å². The number of piperazine rings is 1. The van der Waals surface area contributed by atoms with Crippen LogP contribution in [0.1, 0.15) is 19.5 Å². The summed E-state index contributed by atoms with van der Waals surface area (Å²) >= 11 is 12.3. The molecule has 41 heavy (non-hydrogen) atoms. The van der Waals surface area contributed by atoms with Crippen molar-refractivity contribution < 1.29 is 9.18 Å². The van der Waals surface area contributed by atoms with Gasteiger partial charge in [0.1, 0.15) is 17.0 Å². The average Bonchev–Trinajstić information content (AvgIpc) is 2.94. The highest BCUT2D eigenvalue weighted by molar-refractivity contribution is 6.37. The summed E-state index contributed by atoms with van der Waals surface area (Å²) in [7, 11) is 0. The Kier molecular flexibility index (Phi) is 8.13. The van der Waals surface area contributed by atoms with Crippen LogP contribution in [0, 0.1) is 12.7 Å². The lowest BCUT2D eigenvalue weighted by atomic mass is 10.1. The average molecular weight is 604 g/mol. The van der Waals surface area contributed by atoms with Crippen LogP contribution in [0.15, 0.2) is 29.6 Å². The molecule has 5 rings (SSSR count). The Morgan fingerprint density at radius 3 is 2.39 bits per heavy atom. The first-order valence-corrected chi connectivity index (χ1v) is 14.4. The van der Waals surface area contributed by atoms with Crippen molar-refractivity contribution in [1.29, 1.82) is 0 Å². The second-order valence-electron chi connectivity index (χ2n) is 10.2. The van der Waals surface area contributed by atoms with Gasteiger partial charge < -0.3 is 20.4 Å². The molecule has 0 unspecified atom stereocenters. The predicted molar refractivity (Wildman–Crippen MR) is 162 cm³/mol. The van der Waals surface area contributed by atoms with Gasteiger partial charge in [0.2, 0.25) is 11.9 Å². The summed E-state index contributed by atoms with van der Waals surface area (Å²) in [5.41, 5.74) is 5.83. The van der Waals surface area contributed by atoms with Crippen molar-refractivity contribution in [3.63, 3.8) is 0 Å². The van der Waals surface area contributed by atoms with Gasteiger partial charge in [-0.1, -0.05) is 43.6 Å². The van der Waals surface area contributed by atoms with Crippen LogP contribution in [0.2, 0.25) is 10.0 Å². The van der Waals surface area contributed by atoms with Gasteiger partial charge in [0.15, 0.2) is 5.82 Å². The van der Waals surface area contributed by atoms with Crippen molar-refractivity contribution >= 4 is 57.5 Å². The van der Waals surface area contributed by atoms with Gasteiger partial charge in [-0.2, -0.15) is 4.98 Å². The Bertz CT molecular complexity index is 1550. The summed E-state index contributed by atoms with van der Waals surface area (Å²) in [4.78, 5) is 44.1. The normalized spacial score (nSPS) is 16.0. The highest BCUT2D eigenvalue weighted by Gasteiger charge is 2.34. The van der Waals surface area contributed by atoms with Crippen LogP contribution in [0.25, 0.3) is 16.6 Å². The molecule has 0 spiro atoms. The van der Waals surface area contributed by atoms with E-state index in [2.05, 4.69) is 30.2 Å². The van der Waals surface area contributed by atoms with Crippen LogP contribution < -0.4 is 21.1 Å². The van der Waals surface area contributed by atoms with Gasteiger partial charge in [0, 0.05) is 51.0 Å². The molecular weight excluding hydrogens is 570 g/mol. The van der Waals surface area contributed by atoms with Crippen LogP contribution >= 0.6 is 23.2 Å². The van der Waals surface area contributed by atoms with Gasteiger partial charge in [0.25, 0.3) is 5.56 Å². The summed E-state index contributed by atoms with van der Waals surface area (Å²) in [6.45, 7) is 14.8. The van der Waals surface area contributed by atoms with E-state index in [0.29, 0.717) is 55.1 Å². The third-order valence-electron chi connectivity index (χ3n) is 7.97. The van der Waals surface area contributed by atoms with Crippen LogP contribution in [0.3, 0.4) is 0 Å². The summed E-state index contributed by atoms with van der Waals surface area (Å²) < 4.78 is 16.5. The Labute approximate surface area is 247 Å². The number of hydrogen-bond acceptors (Lipinski definition) is 8. The quantitative estimate of drug-likeness (QED) is 0.249. The van der Waals surface area contributed by atoms with E-state index in [-0.39, 0.29) is 32.8 Å². The zero-order chi connectivity index (χ0) is 29.6. The number of carbonyl (C=O) groups is 1. The Hall–Kier alpha value is -3.41. The molecule has 2 aliphatic heterocycles. The molecule has 3 aromatic rings. The van der Waals surface area contributed by atoms with Crippen molar-refractivity contribution in [2.45, 2.75) is 26.8 Å². The third kappa shape index (κ3) is 5.11. The molecule has 1 amide bonds. The molecule has 2 aromatic heterocycles. The molecule has 4 heterocycles. The number of carbonyl (C=O) groups excluding carboxylic acids is 1. The number of benzene rings is 1. The molecule has 2 aliphatic rings. The molecule has 0 bridgehead atoms. The number of nitrogens with two attached hydrogens (primary N) is 1. The maximum atomic E-state index is 15.3. The molecule has 2 fully saturated rings. The first kappa shape index (κ1) is 29.1. The lowest BCUT2D eigenvalue weighted by Gasteiger charge is -2.45. The summed E-state index contributed by atoms with van der Waals surface area (Å²) in [5.74, 6) is 0.0392. The maximum absolute atomic E-state index is 15.3. The number of likely N-dealkylation sites (N-methyl/N-ethyl adjacent to an activating group) is 1. The monoisotopic (exact) mass is 602 g/mol. The Balaban J connectivity index is 1.65. The number of aromatic nitrogens is 3. The fourth-order valence-electron chi connectivity index (χ4n) is 5.61. The molecule has 2 N–H and O–H groups in total. The van der Waals surface area contributed by atoms with Crippen molar-refractivity contribution in [1.82, 2.24) is 24.3 Å². The number of rotatable bonds is 7. The Morgan fingerprint density at radius 2 is 1.78 bits per heavy atom. The largest absolute Gasteiger partial charge is 0.396 e. The van der Waals surface area contributed by atoms with Gasteiger partial charge in [-0.15, -0.1) is 0 Å². The van der Waals surface area contributed by atoms with Gasteiger partial charge in [-0.25, -0.2) is 9.37 Å². The smallest absolute Gasteiger partial charge is 0.282 e. The first-order valence-electron chi connectivity index (χ1n) is 13.6. The van der Waals surface area contributed by atoms with Gasteiger partial charge in [-0.05, 0) is 38.2 Å². The van der Waals surface area contributed by atoms with Gasteiger partial charge >= 0.3 is 0 Å². The highest BCUT2D eigenvalue weighted by Crippen LogP contribution is 2.35. The van der Waals surface area contributed by atoms with Crippen LogP contribution in [-0.4, -0.2) is 88.6 Å². The van der Waals surface area contributed by atoms with E-state index in [1.165, 1.54) is 16.7 Å². The molecular formula is C28H33Cl2FN8O2. The minimum Gasteiger partial charge on any atom is -0.396 e. The van der Waals surface area contributed by atoms with E-state index in [0.717, 1.165) is 26.2 Å². The molecule has 218 valence electrons. The number of aryl methyl sites for hydroxylation is 1. The standard InChI is InChI=1S/C28H33Cl2FN8O2/c1-5-21(40)36-8-10-37(11-9-36)26-18-12-16(4)39(25-22(31)19(29)13-20(30)23(25)32)27(41)24(18)33-28(34-26)38-14-17(15-38)35(6-2)7-3/h5,12-13,17H,1,6-11,14-15,32H2,2-4H3. The lowest BCUT2D eigenvalue weighted by molar-refractivity contribution is -0.126. The van der Waals surface area contributed by atoms with Crippen molar-refractivity contribution in [3.05, 3.63) is 56.7 Å². The van der Waals surface area contributed by atoms with E-state index < -0.39 is 11.4 Å². The van der Waals surface area contributed by atoms with Crippen LogP contribution in [0.5, 0.6) is 0 Å². The summed E-state index contributed by atoms with van der Waals surface area (Å²) in [6, 6.07) is 3.32. The summed E-state index contributed by atoms with van der Waals surface area (Å²) in [6.07, 6.45) is 1.31. The minimum atomic E-state index is -0.847.